The molecule has 4 rings (SSSR count). The molecule has 0 atom stereocenters. The lowest BCUT2D eigenvalue weighted by Gasteiger charge is -2.11. The van der Waals surface area contributed by atoms with Gasteiger partial charge in [-0.2, -0.15) is 15.2 Å². The quantitative estimate of drug-likeness (QED) is 0.293. The van der Waals surface area contributed by atoms with Crippen LogP contribution in [0.2, 0.25) is 5.02 Å². The molecule has 0 unspecified atom stereocenters. The van der Waals surface area contributed by atoms with Crippen molar-refractivity contribution in [1.82, 2.24) is 9.78 Å². The van der Waals surface area contributed by atoms with Crippen molar-refractivity contribution in [3.8, 4) is 5.69 Å². The van der Waals surface area contributed by atoms with E-state index in [1.165, 1.54) is 21.8 Å². The number of hydrogen-bond acceptors (Lipinski definition) is 7. The molecule has 0 radical (unpaired) electrons. The van der Waals surface area contributed by atoms with Crippen LogP contribution in [0.25, 0.3) is 11.8 Å². The fourth-order valence-corrected chi connectivity index (χ4v) is 3.76. The number of hydrazone groups is 1. The molecule has 0 saturated heterocycles. The van der Waals surface area contributed by atoms with Crippen LogP contribution in [0.15, 0.2) is 53.1 Å². The molecule has 0 fully saturated rings. The van der Waals surface area contributed by atoms with Crippen LogP contribution in [0.5, 0.6) is 0 Å². The highest BCUT2D eigenvalue weighted by molar-refractivity contribution is 6.32. The van der Waals surface area contributed by atoms with Crippen molar-refractivity contribution in [3.63, 3.8) is 0 Å². The van der Waals surface area contributed by atoms with Gasteiger partial charge in [0.05, 0.1) is 38.6 Å². The summed E-state index contributed by atoms with van der Waals surface area (Å²) in [7, 11) is 0. The van der Waals surface area contributed by atoms with Crippen LogP contribution in [0.3, 0.4) is 0 Å². The van der Waals surface area contributed by atoms with E-state index in [0.717, 1.165) is 6.07 Å². The maximum atomic E-state index is 13.1. The maximum Gasteiger partial charge on any atom is 0.301 e. The second-order valence-corrected chi connectivity index (χ2v) is 7.96. The molecule has 1 aliphatic heterocycles. The minimum Gasteiger partial charge on any atom is -0.267 e. The molecule has 34 heavy (non-hydrogen) atoms. The first-order chi connectivity index (χ1) is 16.1. The molecule has 1 amide bonds. The molecule has 0 spiro atoms. The minimum absolute atomic E-state index is 0.0757. The number of nitro groups is 2. The third-order valence-corrected chi connectivity index (χ3v) is 5.62. The van der Waals surface area contributed by atoms with Gasteiger partial charge in [-0.15, -0.1) is 0 Å². The van der Waals surface area contributed by atoms with Crippen LogP contribution < -0.4 is 5.01 Å². The van der Waals surface area contributed by atoms with Crippen molar-refractivity contribution in [1.29, 1.82) is 0 Å². The number of amides is 1. The molecule has 172 valence electrons. The first kappa shape index (κ1) is 22.8. The largest absolute Gasteiger partial charge is 0.301 e. The monoisotopic (exact) mass is 480 g/mol. The molecule has 3 aromatic rings. The highest BCUT2D eigenvalue weighted by Gasteiger charge is 2.30. The van der Waals surface area contributed by atoms with E-state index in [-0.39, 0.29) is 11.6 Å². The number of nitrogens with zero attached hydrogens (tertiary/aromatic N) is 6. The first-order valence-electron chi connectivity index (χ1n) is 9.95. The lowest BCUT2D eigenvalue weighted by molar-refractivity contribution is -0.394. The summed E-state index contributed by atoms with van der Waals surface area (Å²) < 4.78 is 1.34. The Bertz CT molecular complexity index is 1420. The summed E-state index contributed by atoms with van der Waals surface area (Å²) in [6, 6.07) is 10.0. The van der Waals surface area contributed by atoms with Crippen molar-refractivity contribution >= 4 is 46.4 Å². The number of aromatic nitrogens is 2. The van der Waals surface area contributed by atoms with Gasteiger partial charge in [-0.3, -0.25) is 25.0 Å². The third kappa shape index (κ3) is 3.92. The maximum absolute atomic E-state index is 13.1. The topological polar surface area (TPSA) is 137 Å². The van der Waals surface area contributed by atoms with Gasteiger partial charge in [0.2, 0.25) is 0 Å². The SMILES string of the molecule is CC1=NN(c2ccc(Cl)cc2)C(=O)/C1=C/c1c(C)nn(-c2ccc([N+](=O)[O-])cc2[N+](=O)[O-])c1C. The van der Waals surface area contributed by atoms with Gasteiger partial charge in [-0.05, 0) is 57.2 Å². The molecule has 0 N–H and O–H groups in total. The number of carbonyl (C=O) groups excluding carboxylic acids is 1. The Morgan fingerprint density at radius 2 is 1.68 bits per heavy atom. The van der Waals surface area contributed by atoms with Gasteiger partial charge in [-0.25, -0.2) is 4.68 Å². The predicted octanol–water partition coefficient (Wildman–Crippen LogP) is 4.77. The average Bonchev–Trinajstić information content (AvgIpc) is 3.24. The van der Waals surface area contributed by atoms with E-state index in [1.807, 2.05) is 0 Å². The molecule has 2 heterocycles. The van der Waals surface area contributed by atoms with Crippen molar-refractivity contribution in [2.24, 2.45) is 5.10 Å². The standard InChI is InChI=1S/C22H17ClN6O5/c1-12-18(11-19-13(2)25-27(22(19)30)16-6-4-15(23)5-7-16)14(3)26(24-12)20-9-8-17(28(31)32)10-21(20)29(33)34/h4-11H,1-3H3/b19-11+. The summed E-state index contributed by atoms with van der Waals surface area (Å²) in [5, 5.41) is 33.2. The van der Waals surface area contributed by atoms with E-state index in [4.69, 9.17) is 11.6 Å². The Hall–Kier alpha value is -4.38. The zero-order valence-electron chi connectivity index (χ0n) is 18.2. The number of aryl methyl sites for hydroxylation is 1. The second kappa shape index (κ2) is 8.52. The van der Waals surface area contributed by atoms with Crippen molar-refractivity contribution in [2.75, 3.05) is 5.01 Å². The van der Waals surface area contributed by atoms with Crippen LogP contribution >= 0.6 is 11.6 Å². The van der Waals surface area contributed by atoms with Crippen molar-refractivity contribution in [3.05, 3.63) is 90.2 Å². The highest BCUT2D eigenvalue weighted by Crippen LogP contribution is 2.31. The van der Waals surface area contributed by atoms with Gasteiger partial charge < -0.3 is 0 Å². The highest BCUT2D eigenvalue weighted by atomic mass is 35.5. The lowest BCUT2D eigenvalue weighted by atomic mass is 10.1. The normalized spacial score (nSPS) is 14.6. The average molecular weight is 481 g/mol. The summed E-state index contributed by atoms with van der Waals surface area (Å²) in [6.07, 6.45) is 1.64. The Morgan fingerprint density at radius 3 is 2.29 bits per heavy atom. The molecular formula is C22H17ClN6O5. The number of nitro benzene ring substituents is 2. The molecule has 0 saturated carbocycles. The first-order valence-corrected chi connectivity index (χ1v) is 10.3. The molecule has 1 aromatic heterocycles. The van der Waals surface area contributed by atoms with Gasteiger partial charge in [0.15, 0.2) is 0 Å². The van der Waals surface area contributed by atoms with Crippen LogP contribution in [0, 0.1) is 34.1 Å². The molecule has 0 aliphatic carbocycles. The van der Waals surface area contributed by atoms with Gasteiger partial charge in [0.25, 0.3) is 11.6 Å². The molecule has 12 heteroatoms. The minimum atomic E-state index is -0.700. The van der Waals surface area contributed by atoms with Crippen LogP contribution in [0.4, 0.5) is 17.1 Å². The Morgan fingerprint density at radius 1 is 1.00 bits per heavy atom. The van der Waals surface area contributed by atoms with E-state index in [1.54, 1.807) is 51.1 Å². The number of benzene rings is 2. The smallest absolute Gasteiger partial charge is 0.267 e. The number of anilines is 1. The van der Waals surface area contributed by atoms with Gasteiger partial charge in [-0.1, -0.05) is 11.6 Å². The summed E-state index contributed by atoms with van der Waals surface area (Å²) >= 11 is 5.93. The summed E-state index contributed by atoms with van der Waals surface area (Å²) in [6.45, 7) is 5.10. The summed E-state index contributed by atoms with van der Waals surface area (Å²) in [5.74, 6) is -0.340. The molecular weight excluding hydrogens is 464 g/mol. The Labute approximate surface area is 197 Å². The Balaban J connectivity index is 1.76. The number of halogens is 1. The molecule has 11 nitrogen and oxygen atoms in total. The van der Waals surface area contributed by atoms with E-state index >= 15 is 0 Å². The van der Waals surface area contributed by atoms with E-state index in [2.05, 4.69) is 10.2 Å². The lowest BCUT2D eigenvalue weighted by Crippen LogP contribution is -2.21. The number of carbonyl (C=O) groups is 1. The molecule has 0 bridgehead atoms. The number of non-ortho nitro benzene ring substituents is 1. The summed E-state index contributed by atoms with van der Waals surface area (Å²) in [5.41, 5.74) is 2.24. The van der Waals surface area contributed by atoms with E-state index in [9.17, 15) is 25.0 Å². The number of hydrogen-bond donors (Lipinski definition) is 0. The zero-order valence-corrected chi connectivity index (χ0v) is 19.0. The van der Waals surface area contributed by atoms with E-state index < -0.39 is 21.2 Å². The predicted molar refractivity (Wildman–Crippen MR) is 126 cm³/mol. The molecule has 2 aromatic carbocycles. The van der Waals surface area contributed by atoms with Crippen molar-refractivity contribution in [2.45, 2.75) is 20.8 Å². The third-order valence-electron chi connectivity index (χ3n) is 5.36. The van der Waals surface area contributed by atoms with Gasteiger partial charge >= 0.3 is 5.69 Å². The zero-order chi connectivity index (χ0) is 24.7. The van der Waals surface area contributed by atoms with Crippen LogP contribution in [-0.4, -0.2) is 31.2 Å². The second-order valence-electron chi connectivity index (χ2n) is 7.52. The molecule has 1 aliphatic rings. The van der Waals surface area contributed by atoms with Crippen LogP contribution in [0.1, 0.15) is 23.9 Å². The summed E-state index contributed by atoms with van der Waals surface area (Å²) in [4.78, 5) is 34.3. The fourth-order valence-electron chi connectivity index (χ4n) is 3.63. The Kier molecular flexibility index (Phi) is 5.71. The van der Waals surface area contributed by atoms with Gasteiger partial charge in [0.1, 0.15) is 5.69 Å². The van der Waals surface area contributed by atoms with Crippen LogP contribution in [-0.2, 0) is 4.79 Å². The van der Waals surface area contributed by atoms with E-state index in [0.29, 0.717) is 38.9 Å². The fraction of sp³-hybridized carbons (Fsp3) is 0.136. The number of rotatable bonds is 5. The van der Waals surface area contributed by atoms with Crippen molar-refractivity contribution < 1.29 is 14.6 Å². The van der Waals surface area contributed by atoms with Gasteiger partial charge in [0, 0.05) is 22.3 Å².